The van der Waals surface area contributed by atoms with Crippen molar-refractivity contribution in [1.82, 2.24) is 10.3 Å². The Morgan fingerprint density at radius 2 is 2.07 bits per heavy atom. The van der Waals surface area contributed by atoms with Crippen LogP contribution < -0.4 is 10.2 Å². The largest absolute Gasteiger partial charge is 0.363 e. The predicted octanol–water partition coefficient (Wildman–Crippen LogP) is 1.16. The summed E-state index contributed by atoms with van der Waals surface area (Å²) >= 11 is 0. The van der Waals surface area contributed by atoms with Crippen LogP contribution in [0.5, 0.6) is 0 Å². The molecule has 2 fully saturated rings. The minimum atomic E-state index is -0.384. The van der Waals surface area contributed by atoms with E-state index in [1.165, 1.54) is 18.9 Å². The highest BCUT2D eigenvalue weighted by molar-refractivity contribution is 5.49. The van der Waals surface area contributed by atoms with Gasteiger partial charge in [-0.25, -0.2) is 4.98 Å². The lowest BCUT2D eigenvalue weighted by molar-refractivity contribution is 0.483. The van der Waals surface area contributed by atoms with E-state index >= 15 is 0 Å². The number of nitrogens with zero attached hydrogens (tertiary/aromatic N) is 2. The monoisotopic (exact) mass is 207 g/mol. The summed E-state index contributed by atoms with van der Waals surface area (Å²) in [6.07, 6.45) is 3.97. The molecule has 2 aliphatic rings. The highest BCUT2D eigenvalue weighted by Crippen LogP contribution is 2.31. The summed E-state index contributed by atoms with van der Waals surface area (Å²) < 4.78 is 13.0. The minimum Gasteiger partial charge on any atom is -0.363 e. The fourth-order valence-electron chi connectivity index (χ4n) is 2.75. The zero-order valence-electron chi connectivity index (χ0n) is 8.49. The Morgan fingerprint density at radius 3 is 2.73 bits per heavy atom. The lowest BCUT2D eigenvalue weighted by atomic mass is 10.2. The summed E-state index contributed by atoms with van der Waals surface area (Å²) in [7, 11) is 0. The molecule has 3 heterocycles. The van der Waals surface area contributed by atoms with Gasteiger partial charge >= 0.3 is 0 Å². The van der Waals surface area contributed by atoms with Crippen LogP contribution in [0.4, 0.5) is 10.1 Å². The van der Waals surface area contributed by atoms with Crippen LogP contribution in [0.2, 0.25) is 0 Å². The zero-order valence-corrected chi connectivity index (χ0v) is 8.49. The SMILES string of the molecule is Fc1cc(N2C3CCC2CNC3)ccn1. The average molecular weight is 207 g/mol. The standard InChI is InChI=1S/C11H14FN3/c12-11-5-8(3-4-14-11)15-9-1-2-10(15)7-13-6-9/h3-5,9-10,13H,1-2,6-7H2. The van der Waals surface area contributed by atoms with E-state index in [1.54, 1.807) is 6.20 Å². The molecule has 2 atom stereocenters. The molecule has 2 saturated heterocycles. The second-order valence-electron chi connectivity index (χ2n) is 4.29. The van der Waals surface area contributed by atoms with E-state index in [1.807, 2.05) is 6.07 Å². The summed E-state index contributed by atoms with van der Waals surface area (Å²) in [5.74, 6) is -0.384. The van der Waals surface area contributed by atoms with Crippen molar-refractivity contribution < 1.29 is 4.39 Å². The first kappa shape index (κ1) is 9.09. The molecule has 3 rings (SSSR count). The van der Waals surface area contributed by atoms with E-state index in [4.69, 9.17) is 0 Å². The number of pyridine rings is 1. The van der Waals surface area contributed by atoms with Gasteiger partial charge in [0.05, 0.1) is 0 Å². The van der Waals surface area contributed by atoms with Gasteiger partial charge in [0, 0.05) is 43.1 Å². The predicted molar refractivity (Wildman–Crippen MR) is 56.4 cm³/mol. The van der Waals surface area contributed by atoms with Gasteiger partial charge in [-0.2, -0.15) is 4.39 Å². The Morgan fingerprint density at radius 1 is 1.33 bits per heavy atom. The van der Waals surface area contributed by atoms with Crippen LogP contribution in [0.1, 0.15) is 12.8 Å². The Hall–Kier alpha value is -1.16. The van der Waals surface area contributed by atoms with E-state index in [0.717, 1.165) is 18.8 Å². The fraction of sp³-hybridized carbons (Fsp3) is 0.545. The zero-order chi connectivity index (χ0) is 10.3. The molecule has 3 nitrogen and oxygen atoms in total. The molecule has 4 heteroatoms. The molecule has 0 aliphatic carbocycles. The van der Waals surface area contributed by atoms with Crippen molar-refractivity contribution in [3.05, 3.63) is 24.3 Å². The molecule has 0 aromatic carbocycles. The normalized spacial score (nSPS) is 29.5. The lowest BCUT2D eigenvalue weighted by Gasteiger charge is -2.37. The maximum Gasteiger partial charge on any atom is 0.214 e. The number of nitrogens with one attached hydrogen (secondary N) is 1. The fourth-order valence-corrected chi connectivity index (χ4v) is 2.75. The molecular formula is C11H14FN3. The van der Waals surface area contributed by atoms with Crippen LogP contribution in [-0.2, 0) is 0 Å². The molecule has 2 unspecified atom stereocenters. The molecule has 2 aliphatic heterocycles. The Bertz CT molecular complexity index is 353. The third kappa shape index (κ3) is 1.49. The number of hydrogen-bond acceptors (Lipinski definition) is 3. The van der Waals surface area contributed by atoms with Gasteiger partial charge in [0.25, 0.3) is 0 Å². The van der Waals surface area contributed by atoms with Crippen LogP contribution in [0.15, 0.2) is 18.3 Å². The average Bonchev–Trinajstić information content (AvgIpc) is 2.49. The Labute approximate surface area is 88.3 Å². The molecule has 1 aromatic rings. The number of hydrogen-bond donors (Lipinski definition) is 1. The van der Waals surface area contributed by atoms with Gasteiger partial charge in [-0.1, -0.05) is 0 Å². The third-order valence-corrected chi connectivity index (χ3v) is 3.39. The lowest BCUT2D eigenvalue weighted by Crippen LogP contribution is -2.52. The van der Waals surface area contributed by atoms with Crippen LogP contribution in [0.3, 0.4) is 0 Å². The van der Waals surface area contributed by atoms with Crippen LogP contribution in [0, 0.1) is 5.95 Å². The minimum absolute atomic E-state index is 0.384. The number of rotatable bonds is 1. The van der Waals surface area contributed by atoms with E-state index in [2.05, 4.69) is 15.2 Å². The van der Waals surface area contributed by atoms with Crippen molar-refractivity contribution in [3.63, 3.8) is 0 Å². The first-order chi connectivity index (χ1) is 7.34. The van der Waals surface area contributed by atoms with Crippen molar-refractivity contribution in [2.45, 2.75) is 24.9 Å². The molecule has 80 valence electrons. The van der Waals surface area contributed by atoms with Crippen molar-refractivity contribution in [2.24, 2.45) is 0 Å². The van der Waals surface area contributed by atoms with Gasteiger partial charge < -0.3 is 10.2 Å². The summed E-state index contributed by atoms with van der Waals surface area (Å²) in [4.78, 5) is 5.94. The third-order valence-electron chi connectivity index (χ3n) is 3.39. The molecule has 1 N–H and O–H groups in total. The molecule has 1 aromatic heterocycles. The molecule has 0 amide bonds. The molecule has 2 bridgehead atoms. The van der Waals surface area contributed by atoms with Gasteiger partial charge in [-0.3, -0.25) is 0 Å². The van der Waals surface area contributed by atoms with Crippen molar-refractivity contribution >= 4 is 5.69 Å². The van der Waals surface area contributed by atoms with Gasteiger partial charge in [0.15, 0.2) is 0 Å². The van der Waals surface area contributed by atoms with E-state index in [-0.39, 0.29) is 5.95 Å². The second kappa shape index (κ2) is 3.45. The summed E-state index contributed by atoms with van der Waals surface area (Å²) in [5.41, 5.74) is 0.983. The van der Waals surface area contributed by atoms with Crippen molar-refractivity contribution in [2.75, 3.05) is 18.0 Å². The second-order valence-corrected chi connectivity index (χ2v) is 4.29. The van der Waals surface area contributed by atoms with E-state index < -0.39 is 0 Å². The number of aromatic nitrogens is 1. The highest BCUT2D eigenvalue weighted by Gasteiger charge is 2.36. The number of halogens is 1. The van der Waals surface area contributed by atoms with E-state index in [0.29, 0.717) is 12.1 Å². The van der Waals surface area contributed by atoms with Crippen molar-refractivity contribution in [3.8, 4) is 0 Å². The number of piperazine rings is 1. The molecular weight excluding hydrogens is 193 g/mol. The number of fused-ring (bicyclic) bond motifs is 2. The summed E-state index contributed by atoms with van der Waals surface area (Å²) in [5, 5.41) is 3.41. The van der Waals surface area contributed by atoms with Gasteiger partial charge in [0.1, 0.15) is 0 Å². The van der Waals surface area contributed by atoms with Crippen LogP contribution in [0.25, 0.3) is 0 Å². The van der Waals surface area contributed by atoms with E-state index in [9.17, 15) is 4.39 Å². The quantitative estimate of drug-likeness (QED) is 0.700. The highest BCUT2D eigenvalue weighted by atomic mass is 19.1. The van der Waals surface area contributed by atoms with Crippen molar-refractivity contribution in [1.29, 1.82) is 0 Å². The number of anilines is 1. The first-order valence-electron chi connectivity index (χ1n) is 5.45. The van der Waals surface area contributed by atoms with Gasteiger partial charge in [0.2, 0.25) is 5.95 Å². The van der Waals surface area contributed by atoms with Gasteiger partial charge in [-0.15, -0.1) is 0 Å². The molecule has 0 radical (unpaired) electrons. The van der Waals surface area contributed by atoms with Crippen LogP contribution >= 0.6 is 0 Å². The Kier molecular flexibility index (Phi) is 2.09. The topological polar surface area (TPSA) is 28.2 Å². The maximum absolute atomic E-state index is 13.0. The Balaban J connectivity index is 1.93. The first-order valence-corrected chi connectivity index (χ1v) is 5.45. The molecule has 0 saturated carbocycles. The van der Waals surface area contributed by atoms with Crippen LogP contribution in [-0.4, -0.2) is 30.2 Å². The molecule has 0 spiro atoms. The summed E-state index contributed by atoms with van der Waals surface area (Å²) in [6.45, 7) is 2.03. The smallest absolute Gasteiger partial charge is 0.214 e. The van der Waals surface area contributed by atoms with Gasteiger partial charge in [-0.05, 0) is 18.9 Å². The maximum atomic E-state index is 13.0. The molecule has 15 heavy (non-hydrogen) atoms. The summed E-state index contributed by atoms with van der Waals surface area (Å²) in [6, 6.07) is 4.51.